The van der Waals surface area contributed by atoms with Crippen LogP contribution in [0, 0.1) is 0 Å². The van der Waals surface area contributed by atoms with Gasteiger partial charge >= 0.3 is 0 Å². The van der Waals surface area contributed by atoms with Gasteiger partial charge in [-0.1, -0.05) is 83.3 Å². The van der Waals surface area contributed by atoms with Crippen molar-refractivity contribution in [2.45, 2.75) is 108 Å². The molecule has 1 aliphatic heterocycles. The molecule has 1 heterocycles. The molecule has 160 valence electrons. The van der Waals surface area contributed by atoms with Gasteiger partial charge in [-0.15, -0.1) is 0 Å². The molecule has 0 spiro atoms. The van der Waals surface area contributed by atoms with E-state index in [-0.39, 0.29) is 13.2 Å². The van der Waals surface area contributed by atoms with Crippen LogP contribution in [0.15, 0.2) is 12.2 Å². The first-order valence-corrected chi connectivity index (χ1v) is 11.1. The molecule has 0 bridgehead atoms. The van der Waals surface area contributed by atoms with Crippen LogP contribution in [0.25, 0.3) is 0 Å². The summed E-state index contributed by atoms with van der Waals surface area (Å²) in [6, 6.07) is 0. The molecule has 1 aliphatic rings. The van der Waals surface area contributed by atoms with E-state index in [1.54, 1.807) is 0 Å². The van der Waals surface area contributed by atoms with Crippen molar-refractivity contribution in [1.29, 1.82) is 0 Å². The van der Waals surface area contributed by atoms with Gasteiger partial charge in [-0.2, -0.15) is 0 Å². The largest absolute Gasteiger partial charge is 0.394 e. The maximum absolute atomic E-state index is 9.96. The average Bonchev–Trinajstić information content (AvgIpc) is 2.68. The van der Waals surface area contributed by atoms with Crippen molar-refractivity contribution in [3.05, 3.63) is 12.2 Å². The number of aliphatic hydroxyl groups is 3. The zero-order valence-corrected chi connectivity index (χ0v) is 17.2. The third kappa shape index (κ3) is 11.2. The second kappa shape index (κ2) is 16.5. The molecule has 0 radical (unpaired) electrons. The Balaban J connectivity index is 1.94. The fourth-order valence-corrected chi connectivity index (χ4v) is 3.50. The van der Waals surface area contributed by atoms with E-state index in [9.17, 15) is 15.3 Å². The molecule has 3 N–H and O–H groups in total. The van der Waals surface area contributed by atoms with Crippen LogP contribution in [-0.4, -0.2) is 59.6 Å². The molecule has 0 unspecified atom stereocenters. The molecule has 0 saturated carbocycles. The Morgan fingerprint density at radius 2 is 1.48 bits per heavy atom. The fraction of sp³-hybridized carbons (Fsp3) is 0.909. The first-order chi connectivity index (χ1) is 13.2. The Morgan fingerprint density at radius 1 is 0.889 bits per heavy atom. The number of hydrogen-bond donors (Lipinski definition) is 3. The molecule has 5 heteroatoms. The molecule has 0 aromatic rings. The third-order valence-corrected chi connectivity index (χ3v) is 5.28. The molecule has 0 aromatic heterocycles. The highest BCUT2D eigenvalue weighted by molar-refractivity contribution is 4.89. The summed E-state index contributed by atoms with van der Waals surface area (Å²) in [7, 11) is 0. The molecule has 5 nitrogen and oxygen atoms in total. The first kappa shape index (κ1) is 24.6. The SMILES string of the molecule is CCCCCCCCCCCCC/C=C/CO[C@H]1[C@H](O)[C@@H](O)CO[C@@H]1CO. The fourth-order valence-electron chi connectivity index (χ4n) is 3.50. The Bertz CT molecular complexity index is 359. The Labute approximate surface area is 165 Å². The third-order valence-electron chi connectivity index (χ3n) is 5.28. The van der Waals surface area contributed by atoms with E-state index in [2.05, 4.69) is 13.0 Å². The summed E-state index contributed by atoms with van der Waals surface area (Å²) in [5, 5.41) is 28.9. The van der Waals surface area contributed by atoms with E-state index in [0.29, 0.717) is 6.61 Å². The molecular formula is C22H42O5. The van der Waals surface area contributed by atoms with Gasteiger partial charge in [0.1, 0.15) is 24.4 Å². The molecule has 4 atom stereocenters. The van der Waals surface area contributed by atoms with Crippen molar-refractivity contribution < 1.29 is 24.8 Å². The molecule has 0 amide bonds. The summed E-state index contributed by atoms with van der Waals surface area (Å²) < 4.78 is 10.9. The average molecular weight is 387 g/mol. The van der Waals surface area contributed by atoms with Gasteiger partial charge in [-0.25, -0.2) is 0 Å². The zero-order valence-electron chi connectivity index (χ0n) is 17.2. The topological polar surface area (TPSA) is 79.2 Å². The predicted molar refractivity (Wildman–Crippen MR) is 109 cm³/mol. The minimum Gasteiger partial charge on any atom is -0.394 e. The lowest BCUT2D eigenvalue weighted by molar-refractivity contribution is -0.208. The van der Waals surface area contributed by atoms with E-state index in [1.807, 2.05) is 6.08 Å². The maximum Gasteiger partial charge on any atom is 0.115 e. The summed E-state index contributed by atoms with van der Waals surface area (Å²) in [6.45, 7) is 2.42. The Hall–Kier alpha value is -0.460. The molecular weight excluding hydrogens is 344 g/mol. The van der Waals surface area contributed by atoms with Gasteiger partial charge in [-0.3, -0.25) is 0 Å². The van der Waals surface area contributed by atoms with Gasteiger partial charge < -0.3 is 24.8 Å². The van der Waals surface area contributed by atoms with Crippen LogP contribution in [-0.2, 0) is 9.47 Å². The van der Waals surface area contributed by atoms with Crippen molar-refractivity contribution in [3.8, 4) is 0 Å². The van der Waals surface area contributed by atoms with Crippen LogP contribution in [0.4, 0.5) is 0 Å². The minimum atomic E-state index is -1.02. The monoisotopic (exact) mass is 386 g/mol. The quantitative estimate of drug-likeness (QED) is 0.278. The Morgan fingerprint density at radius 3 is 2.07 bits per heavy atom. The predicted octanol–water partition coefficient (Wildman–Crippen LogP) is 3.74. The number of allylic oxidation sites excluding steroid dienone is 1. The summed E-state index contributed by atoms with van der Waals surface area (Å²) in [4.78, 5) is 0. The summed E-state index contributed by atoms with van der Waals surface area (Å²) in [5.74, 6) is 0. The summed E-state index contributed by atoms with van der Waals surface area (Å²) in [6.07, 6.45) is 16.7. The van der Waals surface area contributed by atoms with Crippen molar-refractivity contribution in [2.24, 2.45) is 0 Å². The minimum absolute atomic E-state index is 0.0287. The van der Waals surface area contributed by atoms with E-state index >= 15 is 0 Å². The number of ether oxygens (including phenoxy) is 2. The number of hydrogen-bond acceptors (Lipinski definition) is 5. The second-order valence-corrected chi connectivity index (χ2v) is 7.71. The van der Waals surface area contributed by atoms with Crippen molar-refractivity contribution in [2.75, 3.05) is 19.8 Å². The van der Waals surface area contributed by atoms with E-state index in [4.69, 9.17) is 9.47 Å². The highest BCUT2D eigenvalue weighted by atomic mass is 16.6. The normalized spacial score (nSPS) is 26.1. The molecule has 0 aliphatic carbocycles. The zero-order chi connectivity index (χ0) is 19.7. The lowest BCUT2D eigenvalue weighted by Gasteiger charge is -2.37. The second-order valence-electron chi connectivity index (χ2n) is 7.71. The number of rotatable bonds is 16. The van der Waals surface area contributed by atoms with Gasteiger partial charge in [0.25, 0.3) is 0 Å². The maximum atomic E-state index is 9.96. The lowest BCUT2D eigenvalue weighted by Crippen LogP contribution is -2.55. The Kier molecular flexibility index (Phi) is 15.0. The molecule has 27 heavy (non-hydrogen) atoms. The van der Waals surface area contributed by atoms with Crippen molar-refractivity contribution in [3.63, 3.8) is 0 Å². The van der Waals surface area contributed by atoms with Gasteiger partial charge in [-0.05, 0) is 12.8 Å². The molecule has 1 fully saturated rings. The number of aliphatic hydroxyl groups excluding tert-OH is 3. The summed E-state index contributed by atoms with van der Waals surface area (Å²) in [5.41, 5.74) is 0. The van der Waals surface area contributed by atoms with Crippen LogP contribution in [0.2, 0.25) is 0 Å². The van der Waals surface area contributed by atoms with Crippen LogP contribution < -0.4 is 0 Å². The van der Waals surface area contributed by atoms with Crippen molar-refractivity contribution >= 4 is 0 Å². The van der Waals surface area contributed by atoms with Gasteiger partial charge in [0.15, 0.2) is 0 Å². The van der Waals surface area contributed by atoms with Crippen LogP contribution in [0.1, 0.15) is 84.0 Å². The smallest absolute Gasteiger partial charge is 0.115 e. The van der Waals surface area contributed by atoms with Gasteiger partial charge in [0.05, 0.1) is 19.8 Å². The summed E-state index contributed by atoms with van der Waals surface area (Å²) >= 11 is 0. The highest BCUT2D eigenvalue weighted by Gasteiger charge is 2.38. The van der Waals surface area contributed by atoms with Crippen LogP contribution in [0.3, 0.4) is 0 Å². The van der Waals surface area contributed by atoms with Gasteiger partial charge in [0.2, 0.25) is 0 Å². The van der Waals surface area contributed by atoms with Gasteiger partial charge in [0, 0.05) is 0 Å². The van der Waals surface area contributed by atoms with E-state index in [1.165, 1.54) is 70.6 Å². The van der Waals surface area contributed by atoms with E-state index < -0.39 is 24.4 Å². The van der Waals surface area contributed by atoms with Crippen LogP contribution >= 0.6 is 0 Å². The standard InChI is InChI=1S/C22H42O5/c1-2-3-4-5-6-7-8-9-10-11-12-13-14-15-16-26-22-20(17-23)27-18-19(24)21(22)25/h14-15,19-25H,2-13,16-18H2,1H3/b15-14+/t19-,20+,21+,22+/m0/s1. The van der Waals surface area contributed by atoms with Crippen LogP contribution in [0.5, 0.6) is 0 Å². The molecule has 0 aromatic carbocycles. The van der Waals surface area contributed by atoms with E-state index in [0.717, 1.165) is 6.42 Å². The first-order valence-electron chi connectivity index (χ1n) is 11.1. The lowest BCUT2D eigenvalue weighted by atomic mass is 10.0. The van der Waals surface area contributed by atoms with Crippen molar-refractivity contribution in [1.82, 2.24) is 0 Å². The molecule has 1 rings (SSSR count). The highest BCUT2D eigenvalue weighted by Crippen LogP contribution is 2.18. The number of unbranched alkanes of at least 4 members (excludes halogenated alkanes) is 11. The molecule has 1 saturated heterocycles.